The van der Waals surface area contributed by atoms with Crippen molar-refractivity contribution in [1.82, 2.24) is 4.90 Å². The van der Waals surface area contributed by atoms with E-state index in [1.807, 2.05) is 6.07 Å². The topological polar surface area (TPSA) is 59.5 Å². The minimum absolute atomic E-state index is 0.173. The third kappa shape index (κ3) is 3.01. The smallest absolute Gasteiger partial charge is 0.256 e. The van der Waals surface area contributed by atoms with Crippen LogP contribution in [0.3, 0.4) is 0 Å². The van der Waals surface area contributed by atoms with E-state index in [4.69, 9.17) is 33.4 Å². The number of anilines is 1. The number of nitrogen functional groups attached to an aromatic ring is 1. The van der Waals surface area contributed by atoms with Crippen LogP contribution >= 0.6 is 23.2 Å². The molecule has 2 N–H and O–H groups in total. The minimum Gasteiger partial charge on any atom is -0.467 e. The summed E-state index contributed by atoms with van der Waals surface area (Å²) < 4.78 is 5.33. The number of nitrogens with two attached hydrogens (primary N) is 1. The number of carbonyl (C=O) groups is 1. The van der Waals surface area contributed by atoms with Gasteiger partial charge >= 0.3 is 0 Å². The fourth-order valence-corrected chi connectivity index (χ4v) is 2.66. The fraction of sp³-hybridized carbons (Fsp3) is 0.267. The Morgan fingerprint density at radius 2 is 2.14 bits per heavy atom. The van der Waals surface area contributed by atoms with Gasteiger partial charge in [0.1, 0.15) is 5.76 Å². The molecule has 1 fully saturated rings. The van der Waals surface area contributed by atoms with E-state index in [1.54, 1.807) is 23.3 Å². The van der Waals surface area contributed by atoms with Crippen molar-refractivity contribution >= 4 is 34.8 Å². The number of amides is 1. The first-order valence-electron chi connectivity index (χ1n) is 6.64. The lowest BCUT2D eigenvalue weighted by Crippen LogP contribution is -2.32. The highest BCUT2D eigenvalue weighted by molar-refractivity contribution is 6.44. The van der Waals surface area contributed by atoms with Crippen molar-refractivity contribution in [2.75, 3.05) is 5.73 Å². The first-order chi connectivity index (χ1) is 10.1. The van der Waals surface area contributed by atoms with Gasteiger partial charge in [-0.05, 0) is 37.1 Å². The number of nitrogens with zero attached hydrogens (tertiary/aromatic N) is 1. The average Bonchev–Trinajstić information content (AvgIpc) is 3.16. The molecule has 0 bridgehead atoms. The third-order valence-corrected chi connectivity index (χ3v) is 4.24. The summed E-state index contributed by atoms with van der Waals surface area (Å²) >= 11 is 12.2. The predicted octanol–water partition coefficient (Wildman–Crippen LogP) is 3.97. The zero-order chi connectivity index (χ0) is 15.0. The van der Waals surface area contributed by atoms with Crippen LogP contribution in [0.4, 0.5) is 5.69 Å². The van der Waals surface area contributed by atoms with Crippen LogP contribution in [0.15, 0.2) is 34.9 Å². The maximum atomic E-state index is 12.8. The molecular formula is C15H14Cl2N2O2. The van der Waals surface area contributed by atoms with Crippen molar-refractivity contribution in [1.29, 1.82) is 0 Å². The van der Waals surface area contributed by atoms with Crippen molar-refractivity contribution in [2.45, 2.75) is 25.4 Å². The Labute approximate surface area is 132 Å². The van der Waals surface area contributed by atoms with Crippen molar-refractivity contribution < 1.29 is 9.21 Å². The molecule has 21 heavy (non-hydrogen) atoms. The van der Waals surface area contributed by atoms with Crippen LogP contribution in [0.2, 0.25) is 10.0 Å². The van der Waals surface area contributed by atoms with E-state index in [0.717, 1.165) is 18.6 Å². The molecule has 0 radical (unpaired) electrons. The number of furan rings is 1. The van der Waals surface area contributed by atoms with Gasteiger partial charge in [0, 0.05) is 11.7 Å². The van der Waals surface area contributed by atoms with Crippen molar-refractivity contribution in [3.8, 4) is 0 Å². The number of halogens is 2. The molecule has 6 heteroatoms. The molecule has 0 atom stereocenters. The predicted molar refractivity (Wildman–Crippen MR) is 82.5 cm³/mol. The second kappa shape index (κ2) is 5.62. The Bertz CT molecular complexity index is 667. The molecule has 1 aliphatic rings. The molecule has 1 aliphatic carbocycles. The maximum absolute atomic E-state index is 12.8. The Kier molecular flexibility index (Phi) is 3.83. The Morgan fingerprint density at radius 3 is 2.76 bits per heavy atom. The van der Waals surface area contributed by atoms with Gasteiger partial charge in [-0.25, -0.2) is 0 Å². The molecule has 4 nitrogen and oxygen atoms in total. The monoisotopic (exact) mass is 324 g/mol. The molecular weight excluding hydrogens is 311 g/mol. The van der Waals surface area contributed by atoms with Gasteiger partial charge in [-0.2, -0.15) is 0 Å². The number of carbonyl (C=O) groups excluding carboxylic acids is 1. The van der Waals surface area contributed by atoms with Gasteiger partial charge in [-0.3, -0.25) is 4.79 Å². The van der Waals surface area contributed by atoms with Crippen molar-refractivity contribution in [2.24, 2.45) is 0 Å². The highest BCUT2D eigenvalue weighted by atomic mass is 35.5. The van der Waals surface area contributed by atoms with Crippen molar-refractivity contribution in [3.63, 3.8) is 0 Å². The summed E-state index contributed by atoms with van der Waals surface area (Å²) in [5, 5.41) is 0.523. The highest BCUT2D eigenvalue weighted by Crippen LogP contribution is 2.34. The lowest BCUT2D eigenvalue weighted by atomic mass is 10.1. The van der Waals surface area contributed by atoms with E-state index in [2.05, 4.69) is 0 Å². The second-order valence-electron chi connectivity index (χ2n) is 5.11. The second-order valence-corrected chi connectivity index (χ2v) is 5.89. The maximum Gasteiger partial charge on any atom is 0.256 e. The first kappa shape index (κ1) is 14.3. The van der Waals surface area contributed by atoms with Gasteiger partial charge in [0.2, 0.25) is 0 Å². The standard InChI is InChI=1S/C15H14Cl2N2O2/c16-13-7-9(18)6-12(14(13)17)15(20)19(10-3-4-10)8-11-2-1-5-21-11/h1-2,5-7,10H,3-4,8,18H2. The van der Waals surface area contributed by atoms with Gasteiger partial charge in [0.25, 0.3) is 5.91 Å². The van der Waals surface area contributed by atoms with Crippen LogP contribution in [-0.4, -0.2) is 16.8 Å². The Balaban J connectivity index is 1.91. The van der Waals surface area contributed by atoms with Crippen LogP contribution in [0.25, 0.3) is 0 Å². The summed E-state index contributed by atoms with van der Waals surface area (Å²) in [4.78, 5) is 14.5. The zero-order valence-electron chi connectivity index (χ0n) is 11.2. The highest BCUT2D eigenvalue weighted by Gasteiger charge is 2.34. The molecule has 1 amide bonds. The Hall–Kier alpha value is -1.65. The molecule has 1 saturated carbocycles. The van der Waals surface area contributed by atoms with Crippen LogP contribution in [0.5, 0.6) is 0 Å². The van der Waals surface area contributed by atoms with Crippen LogP contribution < -0.4 is 5.73 Å². The quantitative estimate of drug-likeness (QED) is 0.865. The molecule has 3 rings (SSSR count). The molecule has 0 saturated heterocycles. The molecule has 1 aromatic carbocycles. The third-order valence-electron chi connectivity index (χ3n) is 3.44. The summed E-state index contributed by atoms with van der Waals surface area (Å²) in [7, 11) is 0. The normalized spacial score (nSPS) is 14.2. The molecule has 1 aromatic heterocycles. The van der Waals surface area contributed by atoms with Gasteiger partial charge in [-0.15, -0.1) is 0 Å². The lowest BCUT2D eigenvalue weighted by Gasteiger charge is -2.22. The zero-order valence-corrected chi connectivity index (χ0v) is 12.7. The molecule has 0 spiro atoms. The molecule has 0 unspecified atom stereocenters. The summed E-state index contributed by atoms with van der Waals surface area (Å²) in [6.07, 6.45) is 3.56. The SMILES string of the molecule is Nc1cc(Cl)c(Cl)c(C(=O)N(Cc2ccco2)C2CC2)c1. The van der Waals surface area contributed by atoms with E-state index in [-0.39, 0.29) is 22.0 Å². The van der Waals surface area contributed by atoms with Crippen LogP contribution in [0.1, 0.15) is 29.0 Å². The van der Waals surface area contributed by atoms with E-state index >= 15 is 0 Å². The van der Waals surface area contributed by atoms with E-state index in [1.165, 1.54) is 6.07 Å². The largest absolute Gasteiger partial charge is 0.467 e. The van der Waals surface area contributed by atoms with Gasteiger partial charge < -0.3 is 15.1 Å². The first-order valence-corrected chi connectivity index (χ1v) is 7.39. The van der Waals surface area contributed by atoms with Crippen molar-refractivity contribution in [3.05, 3.63) is 51.9 Å². The summed E-state index contributed by atoms with van der Waals surface area (Å²) in [5.41, 5.74) is 6.51. The average molecular weight is 325 g/mol. The van der Waals surface area contributed by atoms with Gasteiger partial charge in [0.05, 0.1) is 28.4 Å². The van der Waals surface area contributed by atoms with E-state index < -0.39 is 0 Å². The number of hydrogen-bond donors (Lipinski definition) is 1. The van der Waals surface area contributed by atoms with Gasteiger partial charge in [0.15, 0.2) is 0 Å². The lowest BCUT2D eigenvalue weighted by molar-refractivity contribution is 0.0718. The fourth-order valence-electron chi connectivity index (χ4n) is 2.24. The molecule has 1 heterocycles. The number of benzene rings is 1. The summed E-state index contributed by atoms with van der Waals surface area (Å²) in [5.74, 6) is 0.564. The summed E-state index contributed by atoms with van der Waals surface area (Å²) in [6.45, 7) is 0.416. The van der Waals surface area contributed by atoms with E-state index in [9.17, 15) is 4.79 Å². The number of rotatable bonds is 4. The van der Waals surface area contributed by atoms with Crippen LogP contribution in [0, 0.1) is 0 Å². The minimum atomic E-state index is -0.173. The van der Waals surface area contributed by atoms with E-state index in [0.29, 0.717) is 17.8 Å². The number of hydrogen-bond acceptors (Lipinski definition) is 3. The van der Waals surface area contributed by atoms with Crippen LogP contribution in [-0.2, 0) is 6.54 Å². The van der Waals surface area contributed by atoms with Gasteiger partial charge in [-0.1, -0.05) is 23.2 Å². The summed E-state index contributed by atoms with van der Waals surface area (Å²) in [6, 6.07) is 6.97. The molecule has 0 aliphatic heterocycles. The Morgan fingerprint density at radius 1 is 1.38 bits per heavy atom. The molecule has 2 aromatic rings. The molecule has 110 valence electrons.